The number of aliphatic hydroxyl groups is 2. The third-order valence-corrected chi connectivity index (χ3v) is 3.07. The first-order chi connectivity index (χ1) is 6.16. The predicted molar refractivity (Wildman–Crippen MR) is 39.9 cm³/mol. The molecule has 3 aliphatic rings. The Labute approximate surface area is 75.2 Å². The lowest BCUT2D eigenvalue weighted by Crippen LogP contribution is -2.64. The molecule has 13 heavy (non-hydrogen) atoms. The highest BCUT2D eigenvalue weighted by atomic mass is 16.8. The Balaban J connectivity index is 1.81. The normalized spacial score (nSPS) is 63.5. The molecule has 0 radical (unpaired) electrons. The van der Waals surface area contributed by atoms with Crippen LogP contribution in [0.5, 0.6) is 0 Å². The van der Waals surface area contributed by atoms with Crippen LogP contribution in [0.3, 0.4) is 0 Å². The van der Waals surface area contributed by atoms with Crippen LogP contribution in [0.4, 0.5) is 0 Å². The standard InChI is InChI=1S/C8H12O5/c1-3-5-6(11-3)7-8(10,13-7)4(2-9)12-5/h3-7,9-10H,2H2,1H3. The zero-order valence-electron chi connectivity index (χ0n) is 7.21. The summed E-state index contributed by atoms with van der Waals surface area (Å²) in [7, 11) is 0. The Morgan fingerprint density at radius 1 is 1.31 bits per heavy atom. The number of hydrogen-bond donors (Lipinski definition) is 2. The molecule has 3 aliphatic heterocycles. The lowest BCUT2D eigenvalue weighted by atomic mass is 9.91. The van der Waals surface area contributed by atoms with Gasteiger partial charge in [0, 0.05) is 0 Å². The monoisotopic (exact) mass is 188 g/mol. The summed E-state index contributed by atoms with van der Waals surface area (Å²) in [6, 6.07) is 0. The molecule has 6 atom stereocenters. The van der Waals surface area contributed by atoms with Crippen molar-refractivity contribution >= 4 is 0 Å². The average molecular weight is 188 g/mol. The molecule has 0 aliphatic carbocycles. The van der Waals surface area contributed by atoms with Gasteiger partial charge in [0.1, 0.15) is 24.4 Å². The summed E-state index contributed by atoms with van der Waals surface area (Å²) in [4.78, 5) is 0. The molecule has 5 heteroatoms. The maximum atomic E-state index is 9.73. The van der Waals surface area contributed by atoms with Gasteiger partial charge in [-0.15, -0.1) is 0 Å². The first-order valence-corrected chi connectivity index (χ1v) is 4.49. The molecule has 2 N–H and O–H groups in total. The third kappa shape index (κ3) is 0.837. The molecule has 3 fully saturated rings. The van der Waals surface area contributed by atoms with Crippen molar-refractivity contribution < 1.29 is 24.4 Å². The zero-order chi connectivity index (χ0) is 9.22. The molecule has 0 bridgehead atoms. The summed E-state index contributed by atoms with van der Waals surface area (Å²) < 4.78 is 15.9. The van der Waals surface area contributed by atoms with Crippen molar-refractivity contribution in [2.24, 2.45) is 0 Å². The van der Waals surface area contributed by atoms with E-state index in [-0.39, 0.29) is 31.0 Å². The lowest BCUT2D eigenvalue weighted by Gasteiger charge is -2.46. The Bertz CT molecular complexity index is 243. The second-order valence-electron chi connectivity index (χ2n) is 3.87. The van der Waals surface area contributed by atoms with E-state index < -0.39 is 11.9 Å². The van der Waals surface area contributed by atoms with E-state index in [0.29, 0.717) is 0 Å². The van der Waals surface area contributed by atoms with Crippen molar-refractivity contribution in [2.75, 3.05) is 6.61 Å². The Morgan fingerprint density at radius 3 is 2.69 bits per heavy atom. The largest absolute Gasteiger partial charge is 0.393 e. The quantitative estimate of drug-likeness (QED) is 0.496. The summed E-state index contributed by atoms with van der Waals surface area (Å²) in [5.74, 6) is -1.30. The van der Waals surface area contributed by atoms with E-state index in [0.717, 1.165) is 0 Å². The maximum absolute atomic E-state index is 9.73. The average Bonchev–Trinajstić information content (AvgIpc) is 2.75. The first kappa shape index (κ1) is 8.14. The fraction of sp³-hybridized carbons (Fsp3) is 1.00. The Kier molecular flexibility index (Phi) is 1.40. The zero-order valence-corrected chi connectivity index (χ0v) is 7.21. The van der Waals surface area contributed by atoms with E-state index in [9.17, 15) is 5.11 Å². The second-order valence-corrected chi connectivity index (χ2v) is 3.87. The number of aliphatic hydroxyl groups excluding tert-OH is 1. The van der Waals surface area contributed by atoms with Crippen molar-refractivity contribution in [3.05, 3.63) is 0 Å². The van der Waals surface area contributed by atoms with Crippen molar-refractivity contribution in [3.8, 4) is 0 Å². The minimum atomic E-state index is -1.30. The molecule has 0 spiro atoms. The smallest absolute Gasteiger partial charge is 0.225 e. The van der Waals surface area contributed by atoms with Crippen molar-refractivity contribution in [1.82, 2.24) is 0 Å². The van der Waals surface area contributed by atoms with Crippen molar-refractivity contribution in [1.29, 1.82) is 0 Å². The molecular weight excluding hydrogens is 176 g/mol. The highest BCUT2D eigenvalue weighted by Crippen LogP contribution is 2.51. The Morgan fingerprint density at radius 2 is 2.08 bits per heavy atom. The number of hydrogen-bond acceptors (Lipinski definition) is 5. The molecule has 0 aromatic heterocycles. The van der Waals surface area contributed by atoms with Crippen LogP contribution >= 0.6 is 0 Å². The van der Waals surface area contributed by atoms with Gasteiger partial charge in [-0.3, -0.25) is 0 Å². The molecule has 5 nitrogen and oxygen atoms in total. The van der Waals surface area contributed by atoms with E-state index in [2.05, 4.69) is 0 Å². The van der Waals surface area contributed by atoms with Gasteiger partial charge in [0.25, 0.3) is 0 Å². The minimum absolute atomic E-state index is 0.0350. The van der Waals surface area contributed by atoms with Crippen LogP contribution in [0.1, 0.15) is 6.92 Å². The van der Waals surface area contributed by atoms with Crippen LogP contribution in [0, 0.1) is 0 Å². The van der Waals surface area contributed by atoms with Gasteiger partial charge < -0.3 is 24.4 Å². The number of fused-ring (bicyclic) bond motifs is 3. The van der Waals surface area contributed by atoms with Gasteiger partial charge in [-0.25, -0.2) is 0 Å². The molecule has 0 saturated carbocycles. The van der Waals surface area contributed by atoms with E-state index in [1.807, 2.05) is 6.92 Å². The van der Waals surface area contributed by atoms with Crippen LogP contribution in [-0.2, 0) is 14.2 Å². The van der Waals surface area contributed by atoms with Gasteiger partial charge in [-0.1, -0.05) is 0 Å². The van der Waals surface area contributed by atoms with Crippen LogP contribution in [0.25, 0.3) is 0 Å². The predicted octanol–water partition coefficient (Wildman–Crippen LogP) is -1.38. The molecule has 74 valence electrons. The lowest BCUT2D eigenvalue weighted by molar-refractivity contribution is -0.291. The van der Waals surface area contributed by atoms with Gasteiger partial charge in [0.2, 0.25) is 5.79 Å². The van der Waals surface area contributed by atoms with Crippen LogP contribution in [-0.4, -0.2) is 53.1 Å². The first-order valence-electron chi connectivity index (χ1n) is 4.49. The fourth-order valence-corrected chi connectivity index (χ4v) is 2.20. The Hall–Kier alpha value is -0.200. The maximum Gasteiger partial charge on any atom is 0.225 e. The van der Waals surface area contributed by atoms with Crippen LogP contribution in [0.15, 0.2) is 0 Å². The summed E-state index contributed by atoms with van der Waals surface area (Å²) in [5, 5.41) is 18.7. The molecule has 6 unspecified atom stereocenters. The van der Waals surface area contributed by atoms with E-state index in [1.165, 1.54) is 0 Å². The number of epoxide rings is 1. The molecule has 0 aromatic rings. The third-order valence-electron chi connectivity index (χ3n) is 3.07. The van der Waals surface area contributed by atoms with Gasteiger partial charge >= 0.3 is 0 Å². The van der Waals surface area contributed by atoms with Crippen molar-refractivity contribution in [3.63, 3.8) is 0 Å². The molecule has 3 rings (SSSR count). The van der Waals surface area contributed by atoms with Crippen LogP contribution < -0.4 is 0 Å². The second kappa shape index (κ2) is 2.24. The highest BCUT2D eigenvalue weighted by Gasteiger charge is 2.73. The molecule has 0 aromatic carbocycles. The van der Waals surface area contributed by atoms with Gasteiger partial charge in [-0.05, 0) is 6.92 Å². The molecule has 0 amide bonds. The van der Waals surface area contributed by atoms with Gasteiger partial charge in [-0.2, -0.15) is 0 Å². The summed E-state index contributed by atoms with van der Waals surface area (Å²) in [5.41, 5.74) is 0. The molecule has 3 saturated heterocycles. The summed E-state index contributed by atoms with van der Waals surface area (Å²) in [6.45, 7) is 1.69. The number of rotatable bonds is 1. The summed E-state index contributed by atoms with van der Waals surface area (Å²) >= 11 is 0. The van der Waals surface area contributed by atoms with E-state index >= 15 is 0 Å². The van der Waals surface area contributed by atoms with Crippen molar-refractivity contribution in [2.45, 2.75) is 43.2 Å². The van der Waals surface area contributed by atoms with Crippen LogP contribution in [0.2, 0.25) is 0 Å². The van der Waals surface area contributed by atoms with E-state index in [4.69, 9.17) is 19.3 Å². The van der Waals surface area contributed by atoms with Gasteiger partial charge in [0.05, 0.1) is 12.7 Å². The number of ether oxygens (including phenoxy) is 3. The topological polar surface area (TPSA) is 71.5 Å². The summed E-state index contributed by atoms with van der Waals surface area (Å²) in [6.07, 6.45) is -1.08. The minimum Gasteiger partial charge on any atom is -0.393 e. The van der Waals surface area contributed by atoms with Gasteiger partial charge in [0.15, 0.2) is 0 Å². The SMILES string of the molecule is CC1OC2C1OC(CO)C1(O)OC21. The fourth-order valence-electron chi connectivity index (χ4n) is 2.20. The molecule has 3 heterocycles. The van der Waals surface area contributed by atoms with E-state index in [1.54, 1.807) is 0 Å². The molecular formula is C8H12O5. The highest BCUT2D eigenvalue weighted by molar-refractivity contribution is 5.13.